The van der Waals surface area contributed by atoms with Crippen molar-refractivity contribution in [1.82, 2.24) is 5.32 Å². The van der Waals surface area contributed by atoms with E-state index in [0.717, 1.165) is 24.1 Å². The van der Waals surface area contributed by atoms with Crippen molar-refractivity contribution in [2.75, 3.05) is 11.9 Å². The highest BCUT2D eigenvalue weighted by Crippen LogP contribution is 2.26. The smallest absolute Gasteiger partial charge is 0.319 e. The second-order valence-corrected chi connectivity index (χ2v) is 3.80. The molecule has 0 heterocycles. The van der Waals surface area contributed by atoms with E-state index in [-0.39, 0.29) is 6.03 Å². The minimum absolute atomic E-state index is 0.144. The molecule has 2 amide bonds. The molecule has 0 unspecified atom stereocenters. The number of aryl methyl sites for hydroxylation is 1. The molecule has 0 saturated heterocycles. The molecule has 0 aliphatic heterocycles. The predicted molar refractivity (Wildman–Crippen MR) is 66.5 cm³/mol. The van der Waals surface area contributed by atoms with Crippen molar-refractivity contribution in [2.45, 2.75) is 19.8 Å². The number of rotatable bonds is 2. The first kappa shape index (κ1) is 10.7. The average Bonchev–Trinajstić information content (AvgIpc) is 2.30. The van der Waals surface area contributed by atoms with Gasteiger partial charge in [0.25, 0.3) is 0 Å². The number of benzene rings is 1. The molecule has 0 fully saturated rings. The molecular weight excluding hydrogens is 200 g/mol. The van der Waals surface area contributed by atoms with Gasteiger partial charge in [0.1, 0.15) is 0 Å². The highest BCUT2D eigenvalue weighted by atomic mass is 16.2. The molecule has 16 heavy (non-hydrogen) atoms. The monoisotopic (exact) mass is 216 g/mol. The van der Waals surface area contributed by atoms with Crippen LogP contribution in [0, 0.1) is 0 Å². The summed E-state index contributed by atoms with van der Waals surface area (Å²) in [6.45, 7) is 2.54. The molecule has 0 atom stereocenters. The normalized spacial score (nSPS) is 13.1. The van der Waals surface area contributed by atoms with E-state index in [2.05, 4.69) is 28.9 Å². The zero-order chi connectivity index (χ0) is 11.4. The van der Waals surface area contributed by atoms with Crippen LogP contribution in [0.5, 0.6) is 0 Å². The van der Waals surface area contributed by atoms with Gasteiger partial charge in [-0.05, 0) is 31.4 Å². The molecule has 0 radical (unpaired) electrons. The lowest BCUT2D eigenvalue weighted by Gasteiger charge is -2.15. The maximum atomic E-state index is 11.5. The fraction of sp³-hybridized carbons (Fsp3) is 0.308. The molecule has 0 bridgehead atoms. The van der Waals surface area contributed by atoms with Crippen molar-refractivity contribution in [3.8, 4) is 0 Å². The predicted octanol–water partition coefficient (Wildman–Crippen LogP) is 2.79. The van der Waals surface area contributed by atoms with Gasteiger partial charge in [0.2, 0.25) is 0 Å². The lowest BCUT2D eigenvalue weighted by molar-refractivity contribution is 0.252. The number of hydrogen-bond donors (Lipinski definition) is 2. The number of hydrogen-bond acceptors (Lipinski definition) is 1. The van der Waals surface area contributed by atoms with Crippen molar-refractivity contribution in [3.63, 3.8) is 0 Å². The Morgan fingerprint density at radius 1 is 1.44 bits per heavy atom. The molecule has 2 rings (SSSR count). The quantitative estimate of drug-likeness (QED) is 0.784. The van der Waals surface area contributed by atoms with Crippen LogP contribution in [-0.2, 0) is 6.42 Å². The van der Waals surface area contributed by atoms with Gasteiger partial charge in [-0.1, -0.05) is 24.3 Å². The summed E-state index contributed by atoms with van der Waals surface area (Å²) in [7, 11) is 0. The Morgan fingerprint density at radius 2 is 2.31 bits per heavy atom. The minimum Gasteiger partial charge on any atom is -0.338 e. The van der Waals surface area contributed by atoms with Gasteiger partial charge in [-0.2, -0.15) is 0 Å². The standard InChI is InChI=1S/C13H16N2O/c1-2-14-13(16)15-12-9-5-7-10-6-3-4-8-11(10)12/h4-5,7-9H,2-3,6H2,1H3,(H2,14,15,16). The Morgan fingerprint density at radius 3 is 3.12 bits per heavy atom. The number of anilines is 1. The molecular formula is C13H16N2O. The average molecular weight is 216 g/mol. The second kappa shape index (κ2) is 4.84. The molecule has 0 spiro atoms. The van der Waals surface area contributed by atoms with Crippen molar-refractivity contribution >= 4 is 17.8 Å². The zero-order valence-electron chi connectivity index (χ0n) is 9.42. The van der Waals surface area contributed by atoms with Crippen LogP contribution in [0.1, 0.15) is 24.5 Å². The highest BCUT2D eigenvalue weighted by Gasteiger charge is 2.10. The van der Waals surface area contributed by atoms with Gasteiger partial charge >= 0.3 is 6.03 Å². The number of nitrogens with one attached hydrogen (secondary N) is 2. The van der Waals surface area contributed by atoms with E-state index in [1.165, 1.54) is 5.56 Å². The topological polar surface area (TPSA) is 41.1 Å². The van der Waals surface area contributed by atoms with E-state index < -0.39 is 0 Å². The SMILES string of the molecule is CCNC(=O)Nc1cccc2c1C=CCC2. The molecule has 84 valence electrons. The Kier molecular flexibility index (Phi) is 3.25. The van der Waals surface area contributed by atoms with Crippen LogP contribution in [0.25, 0.3) is 6.08 Å². The molecule has 2 N–H and O–H groups in total. The lowest BCUT2D eigenvalue weighted by atomic mass is 9.96. The van der Waals surface area contributed by atoms with Crippen LogP contribution in [0.4, 0.5) is 10.5 Å². The Balaban J connectivity index is 2.22. The third-order valence-electron chi connectivity index (χ3n) is 2.65. The number of urea groups is 1. The summed E-state index contributed by atoms with van der Waals surface area (Å²) < 4.78 is 0. The molecule has 1 aliphatic carbocycles. The van der Waals surface area contributed by atoms with Gasteiger partial charge in [0, 0.05) is 17.8 Å². The molecule has 1 aromatic rings. The largest absolute Gasteiger partial charge is 0.338 e. The molecule has 0 saturated carbocycles. The summed E-state index contributed by atoms with van der Waals surface area (Å²) in [5, 5.41) is 5.60. The molecule has 0 aromatic heterocycles. The molecule has 1 aromatic carbocycles. The number of fused-ring (bicyclic) bond motifs is 1. The highest BCUT2D eigenvalue weighted by molar-refractivity contribution is 5.92. The third kappa shape index (κ3) is 2.24. The summed E-state index contributed by atoms with van der Waals surface area (Å²) in [5.74, 6) is 0. The van der Waals surface area contributed by atoms with Crippen molar-refractivity contribution in [1.29, 1.82) is 0 Å². The van der Waals surface area contributed by atoms with Crippen molar-refractivity contribution < 1.29 is 4.79 Å². The van der Waals surface area contributed by atoms with Crippen molar-refractivity contribution in [2.24, 2.45) is 0 Å². The maximum absolute atomic E-state index is 11.5. The molecule has 3 heteroatoms. The van der Waals surface area contributed by atoms with E-state index in [9.17, 15) is 4.79 Å². The van der Waals surface area contributed by atoms with Crippen LogP contribution in [-0.4, -0.2) is 12.6 Å². The first-order valence-electron chi connectivity index (χ1n) is 5.64. The number of carbonyl (C=O) groups excluding carboxylic acids is 1. The number of amides is 2. The van der Waals surface area contributed by atoms with Crippen LogP contribution >= 0.6 is 0 Å². The first-order valence-corrected chi connectivity index (χ1v) is 5.64. The van der Waals surface area contributed by atoms with E-state index in [0.29, 0.717) is 6.54 Å². The maximum Gasteiger partial charge on any atom is 0.319 e. The number of allylic oxidation sites excluding steroid dienone is 1. The van der Waals surface area contributed by atoms with Crippen LogP contribution < -0.4 is 10.6 Å². The van der Waals surface area contributed by atoms with Gasteiger partial charge in [0.05, 0.1) is 0 Å². The van der Waals surface area contributed by atoms with Crippen molar-refractivity contribution in [3.05, 3.63) is 35.4 Å². The fourth-order valence-corrected chi connectivity index (χ4v) is 1.90. The van der Waals surface area contributed by atoms with Gasteiger partial charge < -0.3 is 10.6 Å². The molecule has 1 aliphatic rings. The summed E-state index contributed by atoms with van der Waals surface area (Å²) in [6, 6.07) is 5.89. The van der Waals surface area contributed by atoms with Crippen LogP contribution in [0.3, 0.4) is 0 Å². The van der Waals surface area contributed by atoms with E-state index >= 15 is 0 Å². The van der Waals surface area contributed by atoms with E-state index in [1.807, 2.05) is 19.1 Å². The van der Waals surface area contributed by atoms with E-state index in [4.69, 9.17) is 0 Å². The first-order chi connectivity index (χ1) is 7.81. The fourth-order valence-electron chi connectivity index (χ4n) is 1.90. The van der Waals surface area contributed by atoms with Gasteiger partial charge in [0.15, 0.2) is 0 Å². The van der Waals surface area contributed by atoms with E-state index in [1.54, 1.807) is 0 Å². The van der Waals surface area contributed by atoms with Crippen LogP contribution in [0.2, 0.25) is 0 Å². The zero-order valence-corrected chi connectivity index (χ0v) is 9.42. The minimum atomic E-state index is -0.144. The van der Waals surface area contributed by atoms with Gasteiger partial charge in [-0.3, -0.25) is 0 Å². The van der Waals surface area contributed by atoms with Gasteiger partial charge in [-0.15, -0.1) is 0 Å². The summed E-state index contributed by atoms with van der Waals surface area (Å²) in [5.41, 5.74) is 3.33. The number of carbonyl (C=O) groups is 1. The molecule has 3 nitrogen and oxygen atoms in total. The third-order valence-corrected chi connectivity index (χ3v) is 2.65. The Labute approximate surface area is 95.6 Å². The van der Waals surface area contributed by atoms with Crippen LogP contribution in [0.15, 0.2) is 24.3 Å². The Bertz CT molecular complexity index is 424. The summed E-state index contributed by atoms with van der Waals surface area (Å²) in [6.07, 6.45) is 6.36. The Hall–Kier alpha value is -1.77. The summed E-state index contributed by atoms with van der Waals surface area (Å²) in [4.78, 5) is 11.5. The lowest BCUT2D eigenvalue weighted by Crippen LogP contribution is -2.28. The van der Waals surface area contributed by atoms with Gasteiger partial charge in [-0.25, -0.2) is 4.79 Å². The second-order valence-electron chi connectivity index (χ2n) is 3.80. The summed E-state index contributed by atoms with van der Waals surface area (Å²) >= 11 is 0.